The van der Waals surface area contributed by atoms with Crippen LogP contribution in [0.1, 0.15) is 57.0 Å². The molecule has 0 aliphatic carbocycles. The lowest BCUT2D eigenvalue weighted by Crippen LogP contribution is -2.42. The minimum atomic E-state index is 0.179. The Labute approximate surface area is 185 Å². The Morgan fingerprint density at radius 2 is 2.13 bits per heavy atom. The molecule has 0 radical (unpaired) electrons. The molecule has 0 spiro atoms. The Bertz CT molecular complexity index is 807. The van der Waals surface area contributed by atoms with E-state index in [9.17, 15) is 0 Å². The first kappa shape index (κ1) is 23.1. The zero-order valence-electron chi connectivity index (χ0n) is 18.8. The molecule has 1 aromatic carbocycles. The molecule has 8 heteroatoms. The van der Waals surface area contributed by atoms with Gasteiger partial charge >= 0.3 is 0 Å². The predicted octanol–water partition coefficient (Wildman–Crippen LogP) is 3.11. The molecule has 2 N–H and O–H groups in total. The van der Waals surface area contributed by atoms with Gasteiger partial charge in [0.05, 0.1) is 12.6 Å². The number of fused-ring (bicyclic) bond motifs is 1. The van der Waals surface area contributed by atoms with E-state index >= 15 is 0 Å². The number of rotatable bonds is 12. The molecule has 170 valence electrons. The van der Waals surface area contributed by atoms with E-state index in [1.54, 1.807) is 6.33 Å². The second-order valence-corrected chi connectivity index (χ2v) is 7.64. The minimum Gasteiger partial charge on any atom is -0.493 e. The highest BCUT2D eigenvalue weighted by Gasteiger charge is 2.21. The average Bonchev–Trinajstić information content (AvgIpc) is 3.26. The van der Waals surface area contributed by atoms with E-state index in [-0.39, 0.29) is 6.04 Å². The van der Waals surface area contributed by atoms with Gasteiger partial charge in [-0.1, -0.05) is 38.5 Å². The smallest absolute Gasteiger partial charge is 0.191 e. The standard InChI is InChI=1S/C23H36N6O2/c1-3-5-15-30-16-8-12-24-23(25-13-14-29-18-26-28-22(29)4-2)27-20-11-17-31-21-10-7-6-9-19(20)21/h6-7,9-10,18,20H,3-5,8,11-17H2,1-2H3,(H2,24,25,27). The van der Waals surface area contributed by atoms with Crippen molar-refractivity contribution in [3.63, 3.8) is 0 Å². The summed E-state index contributed by atoms with van der Waals surface area (Å²) >= 11 is 0. The van der Waals surface area contributed by atoms with Gasteiger partial charge in [0.1, 0.15) is 17.9 Å². The zero-order chi connectivity index (χ0) is 21.7. The van der Waals surface area contributed by atoms with E-state index in [4.69, 9.17) is 14.5 Å². The van der Waals surface area contributed by atoms with Gasteiger partial charge in [-0.2, -0.15) is 0 Å². The third kappa shape index (κ3) is 7.24. The fraction of sp³-hybridized carbons (Fsp3) is 0.609. The summed E-state index contributed by atoms with van der Waals surface area (Å²) in [6, 6.07) is 8.39. The van der Waals surface area contributed by atoms with Crippen LogP contribution >= 0.6 is 0 Å². The third-order valence-corrected chi connectivity index (χ3v) is 5.29. The van der Waals surface area contributed by atoms with Crippen molar-refractivity contribution in [1.29, 1.82) is 0 Å². The summed E-state index contributed by atoms with van der Waals surface area (Å²) in [5.74, 6) is 2.77. The molecule has 0 amide bonds. The van der Waals surface area contributed by atoms with Crippen molar-refractivity contribution < 1.29 is 9.47 Å². The van der Waals surface area contributed by atoms with Crippen LogP contribution in [-0.2, 0) is 17.7 Å². The lowest BCUT2D eigenvalue weighted by atomic mass is 10.0. The Balaban J connectivity index is 1.56. The summed E-state index contributed by atoms with van der Waals surface area (Å²) < 4.78 is 13.5. The first-order chi connectivity index (χ1) is 15.3. The second kappa shape index (κ2) is 12.9. The highest BCUT2D eigenvalue weighted by atomic mass is 16.5. The number of hydrogen-bond acceptors (Lipinski definition) is 5. The van der Waals surface area contributed by atoms with Gasteiger partial charge < -0.3 is 24.7 Å². The van der Waals surface area contributed by atoms with Crippen LogP contribution in [0.5, 0.6) is 5.75 Å². The van der Waals surface area contributed by atoms with Crippen LogP contribution < -0.4 is 15.4 Å². The maximum absolute atomic E-state index is 5.80. The van der Waals surface area contributed by atoms with Gasteiger partial charge in [-0.15, -0.1) is 10.2 Å². The Morgan fingerprint density at radius 1 is 1.26 bits per heavy atom. The molecule has 1 unspecified atom stereocenters. The highest BCUT2D eigenvalue weighted by molar-refractivity contribution is 5.80. The van der Waals surface area contributed by atoms with E-state index < -0.39 is 0 Å². The van der Waals surface area contributed by atoms with Crippen LogP contribution in [0.25, 0.3) is 0 Å². The number of unbranched alkanes of at least 4 members (excludes halogenated alkanes) is 1. The van der Waals surface area contributed by atoms with Crippen molar-refractivity contribution in [2.24, 2.45) is 4.99 Å². The molecule has 8 nitrogen and oxygen atoms in total. The van der Waals surface area contributed by atoms with Crippen molar-refractivity contribution in [2.75, 3.05) is 32.9 Å². The monoisotopic (exact) mass is 428 g/mol. The van der Waals surface area contributed by atoms with Crippen LogP contribution in [-0.4, -0.2) is 53.6 Å². The predicted molar refractivity (Wildman–Crippen MR) is 122 cm³/mol. The van der Waals surface area contributed by atoms with E-state index in [0.29, 0.717) is 6.61 Å². The largest absolute Gasteiger partial charge is 0.493 e. The number of benzene rings is 1. The van der Waals surface area contributed by atoms with Gasteiger partial charge in [0, 0.05) is 51.3 Å². The first-order valence-corrected chi connectivity index (χ1v) is 11.5. The maximum Gasteiger partial charge on any atom is 0.191 e. The fourth-order valence-electron chi connectivity index (χ4n) is 3.55. The Morgan fingerprint density at radius 3 is 3.00 bits per heavy atom. The summed E-state index contributed by atoms with van der Waals surface area (Å²) in [6.07, 6.45) is 6.75. The summed E-state index contributed by atoms with van der Waals surface area (Å²) in [6.45, 7) is 8.81. The minimum absolute atomic E-state index is 0.179. The van der Waals surface area contributed by atoms with Gasteiger partial charge in [0.15, 0.2) is 5.96 Å². The quantitative estimate of drug-likeness (QED) is 0.307. The Kier molecular flexibility index (Phi) is 9.63. The number of aryl methyl sites for hydroxylation is 1. The van der Waals surface area contributed by atoms with Gasteiger partial charge in [0.2, 0.25) is 0 Å². The summed E-state index contributed by atoms with van der Waals surface area (Å²) in [7, 11) is 0. The van der Waals surface area contributed by atoms with Crippen LogP contribution in [0.2, 0.25) is 0 Å². The molecule has 0 saturated heterocycles. The summed E-state index contributed by atoms with van der Waals surface area (Å²) in [5.41, 5.74) is 1.18. The van der Waals surface area contributed by atoms with Crippen LogP contribution in [0.15, 0.2) is 35.6 Å². The van der Waals surface area contributed by atoms with E-state index in [2.05, 4.69) is 51.4 Å². The lowest BCUT2D eigenvalue weighted by Gasteiger charge is -2.28. The molecule has 1 aliphatic rings. The number of ether oxygens (including phenoxy) is 2. The van der Waals surface area contributed by atoms with Crippen LogP contribution in [0.4, 0.5) is 0 Å². The average molecular weight is 429 g/mol. The third-order valence-electron chi connectivity index (χ3n) is 5.29. The molecule has 1 aromatic heterocycles. The fourth-order valence-corrected chi connectivity index (χ4v) is 3.55. The number of nitrogens with zero attached hydrogens (tertiary/aromatic N) is 4. The van der Waals surface area contributed by atoms with Crippen LogP contribution in [0.3, 0.4) is 0 Å². The molecule has 31 heavy (non-hydrogen) atoms. The van der Waals surface area contributed by atoms with Gasteiger partial charge in [0.25, 0.3) is 0 Å². The molecule has 1 aliphatic heterocycles. The molecular weight excluding hydrogens is 392 g/mol. The summed E-state index contributed by atoms with van der Waals surface area (Å²) in [5, 5.41) is 15.3. The van der Waals surface area contributed by atoms with Crippen molar-refractivity contribution in [3.8, 4) is 5.75 Å². The molecule has 0 bridgehead atoms. The number of aliphatic imine (C=N–C) groups is 1. The molecule has 2 heterocycles. The normalized spacial score (nSPS) is 15.9. The maximum atomic E-state index is 5.80. The highest BCUT2D eigenvalue weighted by Crippen LogP contribution is 2.31. The van der Waals surface area contributed by atoms with Gasteiger partial charge in [-0.25, -0.2) is 0 Å². The van der Waals surface area contributed by atoms with E-state index in [1.807, 2.05) is 12.1 Å². The van der Waals surface area contributed by atoms with Crippen molar-refractivity contribution in [1.82, 2.24) is 25.4 Å². The lowest BCUT2D eigenvalue weighted by molar-refractivity contribution is 0.130. The Hall–Kier alpha value is -2.61. The molecule has 0 fully saturated rings. The molecule has 3 rings (SSSR count). The second-order valence-electron chi connectivity index (χ2n) is 7.64. The molecule has 1 atom stereocenters. The number of para-hydroxylation sites is 1. The molecule has 0 saturated carbocycles. The topological polar surface area (TPSA) is 85.6 Å². The first-order valence-electron chi connectivity index (χ1n) is 11.5. The van der Waals surface area contributed by atoms with Crippen molar-refractivity contribution in [3.05, 3.63) is 42.0 Å². The van der Waals surface area contributed by atoms with Crippen LogP contribution in [0, 0.1) is 0 Å². The molecular formula is C23H36N6O2. The van der Waals surface area contributed by atoms with Gasteiger partial charge in [-0.3, -0.25) is 4.99 Å². The molecule has 2 aromatic rings. The number of guanidine groups is 1. The zero-order valence-corrected chi connectivity index (χ0v) is 18.8. The number of hydrogen-bond donors (Lipinski definition) is 2. The van der Waals surface area contributed by atoms with Crippen molar-refractivity contribution in [2.45, 2.75) is 58.5 Å². The van der Waals surface area contributed by atoms with E-state index in [1.165, 1.54) is 5.56 Å². The van der Waals surface area contributed by atoms with Gasteiger partial charge in [-0.05, 0) is 18.9 Å². The number of nitrogens with one attached hydrogen (secondary N) is 2. The van der Waals surface area contributed by atoms with E-state index in [0.717, 1.165) is 82.5 Å². The number of aromatic nitrogens is 3. The summed E-state index contributed by atoms with van der Waals surface area (Å²) in [4.78, 5) is 4.80. The van der Waals surface area contributed by atoms with Crippen molar-refractivity contribution >= 4 is 5.96 Å². The SMILES string of the molecule is CCCCOCCCN=C(NCCn1cnnc1CC)NC1CCOc2ccccc21.